The minimum absolute atomic E-state index is 0.187. The molecule has 0 bridgehead atoms. The molecule has 0 aliphatic heterocycles. The van der Waals surface area contributed by atoms with Crippen LogP contribution < -0.4 is 5.32 Å². The molecule has 19 heavy (non-hydrogen) atoms. The second-order valence-electron chi connectivity index (χ2n) is 4.09. The van der Waals surface area contributed by atoms with Crippen LogP contribution in [-0.4, -0.2) is 29.8 Å². The summed E-state index contributed by atoms with van der Waals surface area (Å²) >= 11 is 3.28. The van der Waals surface area contributed by atoms with Crippen molar-refractivity contribution in [1.82, 2.24) is 4.90 Å². The van der Waals surface area contributed by atoms with Gasteiger partial charge >= 0.3 is 11.8 Å². The van der Waals surface area contributed by atoms with Gasteiger partial charge in [0, 0.05) is 23.2 Å². The van der Waals surface area contributed by atoms with Gasteiger partial charge in [0.15, 0.2) is 0 Å². The molecule has 0 heterocycles. The molecule has 0 aliphatic carbocycles. The summed E-state index contributed by atoms with van der Waals surface area (Å²) in [5.74, 6) is -1.38. The summed E-state index contributed by atoms with van der Waals surface area (Å²) in [4.78, 5) is 24.9. The van der Waals surface area contributed by atoms with Crippen LogP contribution in [0.1, 0.15) is 13.3 Å². The van der Waals surface area contributed by atoms with Crippen molar-refractivity contribution in [3.63, 3.8) is 0 Å². The second kappa shape index (κ2) is 6.90. The van der Waals surface area contributed by atoms with Crippen LogP contribution in [0.2, 0.25) is 0 Å². The summed E-state index contributed by atoms with van der Waals surface area (Å²) < 4.78 is 0.809. The lowest BCUT2D eigenvalue weighted by molar-refractivity contribution is -0.143. The quantitative estimate of drug-likeness (QED) is 0.866. The first-order valence-corrected chi connectivity index (χ1v) is 6.45. The molecule has 1 unspecified atom stereocenters. The first-order valence-electron chi connectivity index (χ1n) is 5.66. The summed E-state index contributed by atoms with van der Waals surface area (Å²) in [5.41, 5.74) is 0.536. The van der Waals surface area contributed by atoms with E-state index in [4.69, 9.17) is 5.26 Å². The third kappa shape index (κ3) is 4.38. The molecule has 0 saturated carbocycles. The maximum atomic E-state index is 11.8. The molecule has 1 aromatic carbocycles. The highest BCUT2D eigenvalue weighted by Crippen LogP contribution is 2.15. The lowest BCUT2D eigenvalue weighted by Crippen LogP contribution is -2.42. The van der Waals surface area contributed by atoms with E-state index < -0.39 is 11.8 Å². The Bertz CT molecular complexity index is 525. The Kier molecular flexibility index (Phi) is 5.52. The molecule has 1 atom stereocenters. The van der Waals surface area contributed by atoms with Crippen LogP contribution in [-0.2, 0) is 9.59 Å². The summed E-state index contributed by atoms with van der Waals surface area (Å²) in [6.07, 6.45) is 0.187. The van der Waals surface area contributed by atoms with Crippen LogP contribution in [0.4, 0.5) is 5.69 Å². The van der Waals surface area contributed by atoms with E-state index in [1.165, 1.54) is 11.9 Å². The van der Waals surface area contributed by atoms with Crippen molar-refractivity contribution in [3.8, 4) is 6.07 Å². The van der Waals surface area contributed by atoms with Crippen molar-refractivity contribution >= 4 is 33.4 Å². The van der Waals surface area contributed by atoms with Gasteiger partial charge in [-0.2, -0.15) is 5.26 Å². The fourth-order valence-electron chi connectivity index (χ4n) is 1.38. The van der Waals surface area contributed by atoms with E-state index in [-0.39, 0.29) is 12.5 Å². The SMILES string of the molecule is CC(CC#N)N(C)C(=O)C(=O)Nc1cccc(Br)c1. The van der Waals surface area contributed by atoms with E-state index in [2.05, 4.69) is 21.2 Å². The molecular weight excluding hydrogens is 310 g/mol. The number of nitriles is 1. The maximum Gasteiger partial charge on any atom is 0.313 e. The van der Waals surface area contributed by atoms with Crippen molar-refractivity contribution in [1.29, 1.82) is 5.26 Å². The number of benzene rings is 1. The van der Waals surface area contributed by atoms with Crippen LogP contribution in [0.15, 0.2) is 28.7 Å². The molecular formula is C13H14BrN3O2. The molecule has 1 N–H and O–H groups in total. The number of likely N-dealkylation sites (N-methyl/N-ethyl adjacent to an activating group) is 1. The number of hydrogen-bond acceptors (Lipinski definition) is 3. The van der Waals surface area contributed by atoms with Crippen molar-refractivity contribution in [3.05, 3.63) is 28.7 Å². The maximum absolute atomic E-state index is 11.8. The minimum atomic E-state index is -0.717. The highest BCUT2D eigenvalue weighted by Gasteiger charge is 2.22. The molecule has 6 heteroatoms. The van der Waals surface area contributed by atoms with Gasteiger partial charge in [-0.15, -0.1) is 0 Å². The van der Waals surface area contributed by atoms with E-state index in [9.17, 15) is 9.59 Å². The molecule has 100 valence electrons. The van der Waals surface area contributed by atoms with Crippen molar-refractivity contribution in [2.24, 2.45) is 0 Å². The Morgan fingerprint density at radius 2 is 2.21 bits per heavy atom. The lowest BCUT2D eigenvalue weighted by atomic mass is 10.2. The Balaban J connectivity index is 2.68. The zero-order valence-electron chi connectivity index (χ0n) is 10.7. The van der Waals surface area contributed by atoms with E-state index in [0.717, 1.165) is 4.47 Å². The third-order valence-electron chi connectivity index (χ3n) is 2.64. The van der Waals surface area contributed by atoms with Crippen molar-refractivity contribution < 1.29 is 9.59 Å². The first-order chi connectivity index (χ1) is 8.95. The smallest absolute Gasteiger partial charge is 0.313 e. The van der Waals surface area contributed by atoms with Crippen LogP contribution in [0.5, 0.6) is 0 Å². The highest BCUT2D eigenvalue weighted by atomic mass is 79.9. The highest BCUT2D eigenvalue weighted by molar-refractivity contribution is 9.10. The van der Waals surface area contributed by atoms with Crippen LogP contribution in [0, 0.1) is 11.3 Å². The zero-order chi connectivity index (χ0) is 14.4. The van der Waals surface area contributed by atoms with E-state index in [0.29, 0.717) is 5.69 Å². The standard InChI is InChI=1S/C13H14BrN3O2/c1-9(6-7-15)17(2)13(19)12(18)16-11-5-3-4-10(14)8-11/h3-5,8-9H,6H2,1-2H3,(H,16,18). The number of carbonyl (C=O) groups is 2. The summed E-state index contributed by atoms with van der Waals surface area (Å²) in [6, 6.07) is 8.63. The Labute approximate surface area is 120 Å². The number of halogens is 1. The lowest BCUT2D eigenvalue weighted by Gasteiger charge is -2.22. The Morgan fingerprint density at radius 1 is 1.53 bits per heavy atom. The average Bonchev–Trinajstić information content (AvgIpc) is 2.37. The molecule has 2 amide bonds. The molecule has 0 aliphatic rings. The van der Waals surface area contributed by atoms with Gasteiger partial charge in [-0.05, 0) is 25.1 Å². The Hall–Kier alpha value is -1.87. The van der Waals surface area contributed by atoms with E-state index >= 15 is 0 Å². The average molecular weight is 324 g/mol. The van der Waals surface area contributed by atoms with Gasteiger partial charge in [-0.1, -0.05) is 22.0 Å². The summed E-state index contributed by atoms with van der Waals surface area (Å²) in [5, 5.41) is 11.1. The predicted molar refractivity (Wildman–Crippen MR) is 75.2 cm³/mol. The zero-order valence-corrected chi connectivity index (χ0v) is 12.3. The van der Waals surface area contributed by atoms with Gasteiger partial charge in [0.1, 0.15) is 0 Å². The molecule has 1 rings (SSSR count). The number of rotatable bonds is 3. The molecule has 0 radical (unpaired) electrons. The second-order valence-corrected chi connectivity index (χ2v) is 5.01. The van der Waals surface area contributed by atoms with Gasteiger partial charge in [-0.3, -0.25) is 9.59 Å². The van der Waals surface area contributed by atoms with Crippen LogP contribution >= 0.6 is 15.9 Å². The van der Waals surface area contributed by atoms with Gasteiger partial charge in [0.25, 0.3) is 0 Å². The first kappa shape index (κ1) is 15.2. The van der Waals surface area contributed by atoms with E-state index in [1.807, 2.05) is 12.1 Å². The fraction of sp³-hybridized carbons (Fsp3) is 0.308. The minimum Gasteiger partial charge on any atom is -0.334 e. The number of nitrogens with one attached hydrogen (secondary N) is 1. The fourth-order valence-corrected chi connectivity index (χ4v) is 1.78. The van der Waals surface area contributed by atoms with Gasteiger partial charge < -0.3 is 10.2 Å². The van der Waals surface area contributed by atoms with Gasteiger partial charge in [0.05, 0.1) is 12.5 Å². The molecule has 0 fully saturated rings. The number of anilines is 1. The third-order valence-corrected chi connectivity index (χ3v) is 3.14. The van der Waals surface area contributed by atoms with Crippen molar-refractivity contribution in [2.75, 3.05) is 12.4 Å². The normalized spacial score (nSPS) is 11.3. The molecule has 0 aromatic heterocycles. The molecule has 1 aromatic rings. The largest absolute Gasteiger partial charge is 0.334 e. The molecule has 5 nitrogen and oxygen atoms in total. The number of nitrogens with zero attached hydrogens (tertiary/aromatic N) is 2. The monoisotopic (exact) mass is 323 g/mol. The number of hydrogen-bond donors (Lipinski definition) is 1. The Morgan fingerprint density at radius 3 is 2.79 bits per heavy atom. The molecule has 0 saturated heterocycles. The summed E-state index contributed by atoms with van der Waals surface area (Å²) in [7, 11) is 1.50. The van der Waals surface area contributed by atoms with Crippen LogP contribution in [0.25, 0.3) is 0 Å². The molecule has 0 spiro atoms. The number of carbonyl (C=O) groups excluding carboxylic acids is 2. The van der Waals surface area contributed by atoms with Crippen molar-refractivity contribution in [2.45, 2.75) is 19.4 Å². The van der Waals surface area contributed by atoms with Gasteiger partial charge in [-0.25, -0.2) is 0 Å². The predicted octanol–water partition coefficient (Wildman–Crippen LogP) is 2.15. The topological polar surface area (TPSA) is 73.2 Å². The van der Waals surface area contributed by atoms with Crippen LogP contribution in [0.3, 0.4) is 0 Å². The van der Waals surface area contributed by atoms with Gasteiger partial charge in [0.2, 0.25) is 0 Å². The number of amides is 2. The summed E-state index contributed by atoms with van der Waals surface area (Å²) in [6.45, 7) is 1.72. The van der Waals surface area contributed by atoms with E-state index in [1.54, 1.807) is 25.1 Å².